The van der Waals surface area contributed by atoms with Crippen LogP contribution in [0.2, 0.25) is 10.0 Å². The third-order valence-electron chi connectivity index (χ3n) is 5.63. The molecule has 4 nitrogen and oxygen atoms in total. The molecule has 31 heavy (non-hydrogen) atoms. The molecular formula is C24H29Cl2FN2O2. The van der Waals surface area contributed by atoms with E-state index >= 15 is 0 Å². The minimum Gasteiger partial charge on any atom is -0.490 e. The van der Waals surface area contributed by atoms with Crippen molar-refractivity contribution >= 4 is 29.1 Å². The van der Waals surface area contributed by atoms with Crippen molar-refractivity contribution in [3.8, 4) is 5.75 Å². The number of nitrogens with two attached hydrogens (primary N) is 1. The number of rotatable bonds is 6. The van der Waals surface area contributed by atoms with Gasteiger partial charge < -0.3 is 10.5 Å². The van der Waals surface area contributed by atoms with Crippen molar-refractivity contribution in [3.05, 3.63) is 62.9 Å². The van der Waals surface area contributed by atoms with Crippen LogP contribution in [0.15, 0.2) is 30.3 Å². The van der Waals surface area contributed by atoms with Gasteiger partial charge in [0, 0.05) is 25.7 Å². The first-order valence-corrected chi connectivity index (χ1v) is 11.6. The summed E-state index contributed by atoms with van der Waals surface area (Å²) in [6, 6.07) is 8.45. The Morgan fingerprint density at radius 1 is 1.10 bits per heavy atom. The lowest BCUT2D eigenvalue weighted by molar-refractivity contribution is 0.0964. The number of amides is 1. The zero-order chi connectivity index (χ0) is 22.5. The first-order chi connectivity index (χ1) is 14.9. The van der Waals surface area contributed by atoms with E-state index in [1.165, 1.54) is 6.07 Å². The summed E-state index contributed by atoms with van der Waals surface area (Å²) in [5.74, 6) is -0.108. The Bertz CT molecular complexity index is 926. The Morgan fingerprint density at radius 3 is 2.35 bits per heavy atom. The van der Waals surface area contributed by atoms with Crippen LogP contribution in [0.4, 0.5) is 4.39 Å². The highest BCUT2D eigenvalue weighted by atomic mass is 35.5. The zero-order valence-corrected chi connectivity index (χ0v) is 19.5. The minimum atomic E-state index is -0.712. The van der Waals surface area contributed by atoms with Gasteiger partial charge in [-0.05, 0) is 67.0 Å². The number of likely N-dealkylation sites (tertiary alicyclic amines) is 1. The van der Waals surface area contributed by atoms with E-state index in [2.05, 4.69) is 4.90 Å². The fraction of sp³-hybridized carbons (Fsp3) is 0.458. The standard InChI is InChI=1S/C22H23Cl2FN2O2.C2H6/c23-19-4-3-16(10-20(19)24)29-15-5-7-27(8-6-15)12-14-9-21(25)18(22(26)28)11-17(14)13-1-2-13;1-2/h3-4,9-11,13,15H,1-2,5-8,12H2,(H2,26,28);1-2H3. The van der Waals surface area contributed by atoms with Crippen LogP contribution in [0.25, 0.3) is 0 Å². The first kappa shape index (κ1) is 23.8. The lowest BCUT2D eigenvalue weighted by Crippen LogP contribution is -2.38. The van der Waals surface area contributed by atoms with Crippen LogP contribution in [0.1, 0.15) is 66.9 Å². The van der Waals surface area contributed by atoms with Gasteiger partial charge in [0.1, 0.15) is 17.7 Å². The Kier molecular flexibility index (Phi) is 8.20. The molecule has 0 atom stereocenters. The van der Waals surface area contributed by atoms with Gasteiger partial charge in [0.25, 0.3) is 5.91 Å². The van der Waals surface area contributed by atoms with Gasteiger partial charge in [-0.1, -0.05) is 37.0 Å². The summed E-state index contributed by atoms with van der Waals surface area (Å²) in [7, 11) is 0. The van der Waals surface area contributed by atoms with Gasteiger partial charge in [-0.15, -0.1) is 0 Å². The largest absolute Gasteiger partial charge is 0.490 e. The molecule has 1 amide bonds. The molecule has 4 rings (SSSR count). The number of hydrogen-bond acceptors (Lipinski definition) is 3. The summed E-state index contributed by atoms with van der Waals surface area (Å²) < 4.78 is 20.4. The Hall–Kier alpha value is -1.82. The smallest absolute Gasteiger partial charge is 0.251 e. The number of piperidine rings is 1. The third-order valence-corrected chi connectivity index (χ3v) is 6.37. The molecule has 2 fully saturated rings. The third kappa shape index (κ3) is 6.12. The quantitative estimate of drug-likeness (QED) is 0.552. The number of nitrogens with zero attached hydrogens (tertiary/aromatic N) is 1. The molecule has 1 heterocycles. The van der Waals surface area contributed by atoms with Crippen LogP contribution in [0.3, 0.4) is 0 Å². The minimum absolute atomic E-state index is 0.00983. The molecule has 1 saturated carbocycles. The molecule has 1 aliphatic carbocycles. The van der Waals surface area contributed by atoms with Crippen LogP contribution in [0.5, 0.6) is 5.75 Å². The lowest BCUT2D eigenvalue weighted by atomic mass is 9.97. The molecule has 0 radical (unpaired) electrons. The van der Waals surface area contributed by atoms with Crippen LogP contribution in [-0.2, 0) is 6.54 Å². The highest BCUT2D eigenvalue weighted by Crippen LogP contribution is 2.43. The molecule has 0 bridgehead atoms. The van der Waals surface area contributed by atoms with Crippen molar-refractivity contribution in [2.24, 2.45) is 5.73 Å². The molecule has 1 aliphatic heterocycles. The topological polar surface area (TPSA) is 55.6 Å². The monoisotopic (exact) mass is 466 g/mol. The second-order valence-corrected chi connectivity index (χ2v) is 8.65. The van der Waals surface area contributed by atoms with Gasteiger partial charge in [-0.2, -0.15) is 0 Å². The molecule has 7 heteroatoms. The van der Waals surface area contributed by atoms with Crippen molar-refractivity contribution in [3.63, 3.8) is 0 Å². The molecule has 168 valence electrons. The highest BCUT2D eigenvalue weighted by molar-refractivity contribution is 6.42. The number of benzene rings is 2. The van der Waals surface area contributed by atoms with E-state index in [9.17, 15) is 9.18 Å². The molecule has 0 spiro atoms. The van der Waals surface area contributed by atoms with E-state index in [0.717, 1.165) is 55.6 Å². The molecule has 2 aromatic rings. The Balaban J connectivity index is 0.00000132. The fourth-order valence-electron chi connectivity index (χ4n) is 3.90. The van der Waals surface area contributed by atoms with Crippen molar-refractivity contribution in [2.75, 3.05) is 13.1 Å². The second-order valence-electron chi connectivity index (χ2n) is 7.84. The summed E-state index contributed by atoms with van der Waals surface area (Å²) in [5.41, 5.74) is 7.33. The number of ether oxygens (including phenoxy) is 1. The Morgan fingerprint density at radius 2 is 1.77 bits per heavy atom. The van der Waals surface area contributed by atoms with Gasteiger partial charge in [0.15, 0.2) is 0 Å². The summed E-state index contributed by atoms with van der Waals surface area (Å²) in [4.78, 5) is 13.8. The number of halogens is 3. The lowest BCUT2D eigenvalue weighted by Gasteiger charge is -2.32. The van der Waals surface area contributed by atoms with Crippen LogP contribution in [-0.4, -0.2) is 30.0 Å². The zero-order valence-electron chi connectivity index (χ0n) is 18.0. The van der Waals surface area contributed by atoms with E-state index in [4.69, 9.17) is 33.7 Å². The van der Waals surface area contributed by atoms with Gasteiger partial charge >= 0.3 is 0 Å². The predicted octanol–water partition coefficient (Wildman–Crippen LogP) is 6.18. The fourth-order valence-corrected chi connectivity index (χ4v) is 4.19. The first-order valence-electron chi connectivity index (χ1n) is 10.9. The summed E-state index contributed by atoms with van der Waals surface area (Å²) in [6.07, 6.45) is 4.02. The number of primary amides is 1. The average Bonchev–Trinajstić information content (AvgIpc) is 3.59. The van der Waals surface area contributed by atoms with E-state index in [0.29, 0.717) is 22.5 Å². The predicted molar refractivity (Wildman–Crippen MR) is 124 cm³/mol. The molecule has 2 N–H and O–H groups in total. The van der Waals surface area contributed by atoms with Crippen molar-refractivity contribution in [1.82, 2.24) is 4.90 Å². The van der Waals surface area contributed by atoms with Crippen molar-refractivity contribution < 1.29 is 13.9 Å². The van der Waals surface area contributed by atoms with E-state index in [1.54, 1.807) is 18.2 Å². The Labute approximate surface area is 193 Å². The summed E-state index contributed by atoms with van der Waals surface area (Å²) in [5, 5.41) is 0.991. The summed E-state index contributed by atoms with van der Waals surface area (Å²) >= 11 is 12.0. The van der Waals surface area contributed by atoms with E-state index in [1.807, 2.05) is 19.9 Å². The molecule has 0 aromatic heterocycles. The van der Waals surface area contributed by atoms with Crippen LogP contribution in [0, 0.1) is 5.82 Å². The number of hydrogen-bond donors (Lipinski definition) is 1. The number of carbonyl (C=O) groups is 1. The molecule has 2 aromatic carbocycles. The maximum atomic E-state index is 14.3. The van der Waals surface area contributed by atoms with Crippen LogP contribution >= 0.6 is 23.2 Å². The highest BCUT2D eigenvalue weighted by Gasteiger charge is 2.29. The van der Waals surface area contributed by atoms with Gasteiger partial charge in [-0.3, -0.25) is 9.69 Å². The van der Waals surface area contributed by atoms with Crippen molar-refractivity contribution in [2.45, 2.75) is 58.1 Å². The SMILES string of the molecule is CC.NC(=O)c1cc(C2CC2)c(CN2CCC(Oc3ccc(Cl)c(Cl)c3)CC2)cc1F. The second kappa shape index (κ2) is 10.7. The van der Waals surface area contributed by atoms with Gasteiger partial charge in [0.2, 0.25) is 0 Å². The molecule has 1 saturated heterocycles. The number of carbonyl (C=O) groups excluding carboxylic acids is 1. The normalized spacial score (nSPS) is 17.1. The molecular weight excluding hydrogens is 438 g/mol. The van der Waals surface area contributed by atoms with Crippen LogP contribution < -0.4 is 10.5 Å². The summed E-state index contributed by atoms with van der Waals surface area (Å²) in [6.45, 7) is 6.38. The van der Waals surface area contributed by atoms with Gasteiger partial charge in [-0.25, -0.2) is 4.39 Å². The van der Waals surface area contributed by atoms with Crippen molar-refractivity contribution in [1.29, 1.82) is 0 Å². The van der Waals surface area contributed by atoms with E-state index < -0.39 is 11.7 Å². The maximum Gasteiger partial charge on any atom is 0.251 e. The van der Waals surface area contributed by atoms with Gasteiger partial charge in [0.05, 0.1) is 15.6 Å². The molecule has 0 unspecified atom stereocenters. The molecule has 2 aliphatic rings. The maximum absolute atomic E-state index is 14.3. The van der Waals surface area contributed by atoms with E-state index in [-0.39, 0.29) is 11.7 Å². The average molecular weight is 467 g/mol.